The van der Waals surface area contributed by atoms with E-state index in [0.717, 1.165) is 25.2 Å². The Bertz CT molecular complexity index is 1160. The molecule has 0 unspecified atom stereocenters. The summed E-state index contributed by atoms with van der Waals surface area (Å²) in [6, 6.07) is 19.8. The first-order valence-electron chi connectivity index (χ1n) is 11.2. The predicted octanol–water partition coefficient (Wildman–Crippen LogP) is 3.36. The largest absolute Gasteiger partial charge is 0.497 e. The van der Waals surface area contributed by atoms with Gasteiger partial charge in [-0.1, -0.05) is 24.3 Å². The van der Waals surface area contributed by atoms with Crippen LogP contribution in [0, 0.1) is 0 Å². The minimum Gasteiger partial charge on any atom is -0.497 e. The Labute approximate surface area is 205 Å². The molecule has 1 aliphatic heterocycles. The van der Waals surface area contributed by atoms with Gasteiger partial charge in [-0.2, -0.15) is 0 Å². The summed E-state index contributed by atoms with van der Waals surface area (Å²) in [5.74, 6) is 0.794. The maximum absolute atomic E-state index is 12.2. The standard InChI is InChI=1S/C19H21N3O2.C8H9NO2/c1-24-17-6-4-5-16(13-17)19(23)21-14-22-11-8-15(9-12-22)18-7-2-3-10-20-18;1-11-7-4-2-3-6(5-7)8(9)10/h2-8,10,13H,9,11-12,14H2,1H3,(H,21,23);2-5H,1H3,(H2,9,10). The van der Waals surface area contributed by atoms with Gasteiger partial charge in [0.15, 0.2) is 0 Å². The van der Waals surface area contributed by atoms with Crippen molar-refractivity contribution in [2.24, 2.45) is 5.73 Å². The van der Waals surface area contributed by atoms with Crippen LogP contribution in [0.5, 0.6) is 11.5 Å². The molecule has 2 amide bonds. The van der Waals surface area contributed by atoms with Crippen LogP contribution in [0.3, 0.4) is 0 Å². The molecule has 1 aliphatic rings. The number of primary amides is 1. The Balaban J connectivity index is 0.000000261. The number of carbonyl (C=O) groups excluding carboxylic acids is 2. The fourth-order valence-corrected chi connectivity index (χ4v) is 3.47. The van der Waals surface area contributed by atoms with E-state index in [1.54, 1.807) is 50.6 Å². The van der Waals surface area contributed by atoms with E-state index in [1.165, 1.54) is 5.57 Å². The van der Waals surface area contributed by atoms with Crippen molar-refractivity contribution in [1.82, 2.24) is 15.2 Å². The van der Waals surface area contributed by atoms with E-state index in [4.69, 9.17) is 15.2 Å². The molecule has 0 radical (unpaired) electrons. The number of nitrogens with two attached hydrogens (primary N) is 1. The lowest BCUT2D eigenvalue weighted by molar-refractivity contribution is 0.0924. The van der Waals surface area contributed by atoms with E-state index in [0.29, 0.717) is 29.3 Å². The third-order valence-electron chi connectivity index (χ3n) is 5.44. The van der Waals surface area contributed by atoms with Crippen LogP contribution in [0.4, 0.5) is 0 Å². The highest BCUT2D eigenvalue weighted by Crippen LogP contribution is 2.20. The number of ether oxygens (including phenoxy) is 2. The number of nitrogens with zero attached hydrogens (tertiary/aromatic N) is 2. The predicted molar refractivity (Wildman–Crippen MR) is 135 cm³/mol. The van der Waals surface area contributed by atoms with Gasteiger partial charge in [0.1, 0.15) is 11.5 Å². The number of aromatic nitrogens is 1. The Kier molecular flexibility index (Phi) is 9.39. The van der Waals surface area contributed by atoms with Crippen molar-refractivity contribution < 1.29 is 19.1 Å². The van der Waals surface area contributed by atoms with Crippen LogP contribution < -0.4 is 20.5 Å². The molecule has 0 saturated heterocycles. The fourth-order valence-electron chi connectivity index (χ4n) is 3.47. The van der Waals surface area contributed by atoms with Crippen LogP contribution in [-0.4, -0.2) is 55.7 Å². The Morgan fingerprint density at radius 2 is 1.66 bits per heavy atom. The molecule has 3 N–H and O–H groups in total. The summed E-state index contributed by atoms with van der Waals surface area (Å²) in [4.78, 5) is 29.4. The molecule has 8 nitrogen and oxygen atoms in total. The topological polar surface area (TPSA) is 107 Å². The lowest BCUT2D eigenvalue weighted by atomic mass is 10.0. The van der Waals surface area contributed by atoms with Gasteiger partial charge in [0.05, 0.1) is 26.6 Å². The van der Waals surface area contributed by atoms with Gasteiger partial charge in [-0.25, -0.2) is 0 Å². The zero-order chi connectivity index (χ0) is 25.0. The van der Waals surface area contributed by atoms with Crippen LogP contribution in [0.15, 0.2) is 79.0 Å². The minimum atomic E-state index is -0.441. The monoisotopic (exact) mass is 474 g/mol. The fraction of sp³-hybridized carbons (Fsp3) is 0.222. The Morgan fingerprint density at radius 1 is 0.971 bits per heavy atom. The van der Waals surface area contributed by atoms with Crippen molar-refractivity contribution in [1.29, 1.82) is 0 Å². The molecular weight excluding hydrogens is 444 g/mol. The molecule has 0 aliphatic carbocycles. The summed E-state index contributed by atoms with van der Waals surface area (Å²) in [6.45, 7) is 2.24. The van der Waals surface area contributed by atoms with Crippen LogP contribution in [0.2, 0.25) is 0 Å². The maximum atomic E-state index is 12.2. The summed E-state index contributed by atoms with van der Waals surface area (Å²) < 4.78 is 10.0. The van der Waals surface area contributed by atoms with Crippen molar-refractivity contribution in [3.63, 3.8) is 0 Å². The van der Waals surface area contributed by atoms with E-state index < -0.39 is 5.91 Å². The highest BCUT2D eigenvalue weighted by Gasteiger charge is 2.14. The lowest BCUT2D eigenvalue weighted by Gasteiger charge is -2.26. The second kappa shape index (κ2) is 12.9. The molecule has 0 saturated carbocycles. The maximum Gasteiger partial charge on any atom is 0.252 e. The van der Waals surface area contributed by atoms with Gasteiger partial charge in [-0.3, -0.25) is 19.5 Å². The number of hydrogen-bond donors (Lipinski definition) is 2. The van der Waals surface area contributed by atoms with Gasteiger partial charge < -0.3 is 20.5 Å². The number of benzene rings is 2. The second-order valence-electron chi connectivity index (χ2n) is 7.76. The molecule has 0 fully saturated rings. The van der Waals surface area contributed by atoms with Crippen LogP contribution in [-0.2, 0) is 0 Å². The lowest BCUT2D eigenvalue weighted by Crippen LogP contribution is -2.39. The molecule has 3 aromatic rings. The average molecular weight is 475 g/mol. The number of nitrogens with one attached hydrogen (secondary N) is 1. The number of hydrogen-bond acceptors (Lipinski definition) is 6. The van der Waals surface area contributed by atoms with Crippen molar-refractivity contribution >= 4 is 17.4 Å². The zero-order valence-electron chi connectivity index (χ0n) is 19.9. The molecule has 35 heavy (non-hydrogen) atoms. The highest BCUT2D eigenvalue weighted by molar-refractivity contribution is 5.94. The molecule has 4 rings (SSSR count). The van der Waals surface area contributed by atoms with Crippen molar-refractivity contribution in [2.45, 2.75) is 6.42 Å². The number of amides is 2. The SMILES string of the molecule is COc1cccc(C(=O)NCN2CC=C(c3ccccn3)CC2)c1.COc1cccc(C(N)=O)c1. The Hall–Kier alpha value is -4.17. The molecule has 0 atom stereocenters. The number of rotatable bonds is 7. The molecule has 0 bridgehead atoms. The molecule has 2 aromatic carbocycles. The molecule has 0 spiro atoms. The van der Waals surface area contributed by atoms with Crippen molar-refractivity contribution in [3.05, 3.63) is 95.8 Å². The minimum absolute atomic E-state index is 0.0894. The van der Waals surface area contributed by atoms with Crippen LogP contribution in [0.25, 0.3) is 5.57 Å². The number of pyridine rings is 1. The van der Waals surface area contributed by atoms with E-state index in [1.807, 2.05) is 36.5 Å². The van der Waals surface area contributed by atoms with Crippen molar-refractivity contribution in [2.75, 3.05) is 34.0 Å². The van der Waals surface area contributed by atoms with Crippen LogP contribution in [0.1, 0.15) is 32.8 Å². The van der Waals surface area contributed by atoms with E-state index in [9.17, 15) is 9.59 Å². The van der Waals surface area contributed by atoms with Gasteiger partial charge in [-0.15, -0.1) is 0 Å². The van der Waals surface area contributed by atoms with Crippen molar-refractivity contribution in [3.8, 4) is 11.5 Å². The summed E-state index contributed by atoms with van der Waals surface area (Å²) in [5.41, 5.74) is 8.42. The summed E-state index contributed by atoms with van der Waals surface area (Å²) in [5, 5.41) is 2.96. The van der Waals surface area contributed by atoms with Gasteiger partial charge in [-0.05, 0) is 60.5 Å². The van der Waals surface area contributed by atoms with Gasteiger partial charge in [0.25, 0.3) is 5.91 Å². The number of methoxy groups -OCH3 is 2. The third-order valence-corrected chi connectivity index (χ3v) is 5.44. The molecular formula is C27H30N4O4. The average Bonchev–Trinajstić information content (AvgIpc) is 2.93. The highest BCUT2D eigenvalue weighted by atomic mass is 16.5. The quantitative estimate of drug-likeness (QED) is 0.544. The zero-order valence-corrected chi connectivity index (χ0v) is 19.9. The van der Waals surface area contributed by atoms with Crippen LogP contribution >= 0.6 is 0 Å². The Morgan fingerprint density at radius 3 is 2.23 bits per heavy atom. The van der Waals surface area contributed by atoms with Gasteiger partial charge in [0, 0.05) is 30.4 Å². The first-order valence-corrected chi connectivity index (χ1v) is 11.2. The van der Waals surface area contributed by atoms with E-state index >= 15 is 0 Å². The second-order valence-corrected chi connectivity index (χ2v) is 7.76. The summed E-state index contributed by atoms with van der Waals surface area (Å²) in [6.07, 6.45) is 4.94. The molecule has 2 heterocycles. The first kappa shape index (κ1) is 25.5. The van der Waals surface area contributed by atoms with E-state index in [2.05, 4.69) is 21.3 Å². The molecule has 182 valence electrons. The summed E-state index contributed by atoms with van der Waals surface area (Å²) >= 11 is 0. The van der Waals surface area contributed by atoms with E-state index in [-0.39, 0.29) is 5.91 Å². The molecule has 1 aromatic heterocycles. The van der Waals surface area contributed by atoms with Gasteiger partial charge >= 0.3 is 0 Å². The third kappa shape index (κ3) is 7.68. The first-order chi connectivity index (χ1) is 17.0. The number of carbonyl (C=O) groups is 2. The van der Waals surface area contributed by atoms with Gasteiger partial charge in [0.2, 0.25) is 5.91 Å². The molecule has 8 heteroatoms. The smallest absolute Gasteiger partial charge is 0.252 e. The summed E-state index contributed by atoms with van der Waals surface area (Å²) in [7, 11) is 3.14. The normalized spacial score (nSPS) is 13.0.